The fraction of sp³-hybridized carbons (Fsp3) is 0.118. The normalized spacial score (nSPS) is 10.8. The lowest BCUT2D eigenvalue weighted by Gasteiger charge is -2.07. The summed E-state index contributed by atoms with van der Waals surface area (Å²) in [4.78, 5) is 12.5. The molecule has 0 aliphatic rings. The summed E-state index contributed by atoms with van der Waals surface area (Å²) in [6.07, 6.45) is 1.56. The van der Waals surface area contributed by atoms with E-state index in [1.165, 1.54) is 0 Å². The third-order valence-electron chi connectivity index (χ3n) is 3.36. The van der Waals surface area contributed by atoms with Gasteiger partial charge in [0.05, 0.1) is 10.9 Å². The molecule has 0 saturated heterocycles. The van der Waals surface area contributed by atoms with Crippen molar-refractivity contribution in [1.29, 1.82) is 0 Å². The SMILES string of the molecule is Cc1ccc(C)c(-c2coc3ccccc3c2=O)c1. The van der Waals surface area contributed by atoms with E-state index < -0.39 is 0 Å². The lowest BCUT2D eigenvalue weighted by molar-refractivity contribution is 0.604. The van der Waals surface area contributed by atoms with E-state index in [0.29, 0.717) is 16.5 Å². The molecule has 3 aromatic rings. The highest BCUT2D eigenvalue weighted by atomic mass is 16.3. The van der Waals surface area contributed by atoms with Gasteiger partial charge in [-0.3, -0.25) is 4.79 Å². The van der Waals surface area contributed by atoms with Crippen molar-refractivity contribution in [1.82, 2.24) is 0 Å². The van der Waals surface area contributed by atoms with Gasteiger partial charge in [-0.15, -0.1) is 0 Å². The van der Waals surface area contributed by atoms with Crippen LogP contribution in [0.4, 0.5) is 0 Å². The van der Waals surface area contributed by atoms with E-state index in [2.05, 4.69) is 0 Å². The molecule has 2 heteroatoms. The van der Waals surface area contributed by atoms with Gasteiger partial charge in [0.25, 0.3) is 0 Å². The lowest BCUT2D eigenvalue weighted by Crippen LogP contribution is -2.05. The van der Waals surface area contributed by atoms with E-state index in [1.807, 2.05) is 50.2 Å². The number of benzene rings is 2. The summed E-state index contributed by atoms with van der Waals surface area (Å²) in [5, 5.41) is 0.626. The van der Waals surface area contributed by atoms with E-state index in [-0.39, 0.29) is 5.43 Å². The van der Waals surface area contributed by atoms with Crippen LogP contribution in [0.15, 0.2) is 57.9 Å². The first-order valence-corrected chi connectivity index (χ1v) is 6.25. The van der Waals surface area contributed by atoms with Gasteiger partial charge in [-0.25, -0.2) is 0 Å². The summed E-state index contributed by atoms with van der Waals surface area (Å²) in [6.45, 7) is 4.02. The van der Waals surface area contributed by atoms with Gasteiger partial charge < -0.3 is 4.42 Å². The molecule has 0 spiro atoms. The van der Waals surface area contributed by atoms with E-state index >= 15 is 0 Å². The second-order valence-electron chi connectivity index (χ2n) is 4.79. The van der Waals surface area contributed by atoms with Gasteiger partial charge in [0, 0.05) is 0 Å². The Hall–Kier alpha value is -2.35. The summed E-state index contributed by atoms with van der Waals surface area (Å²) in [5.41, 5.74) is 4.43. The first-order chi connectivity index (χ1) is 9.16. The van der Waals surface area contributed by atoms with Crippen LogP contribution in [-0.4, -0.2) is 0 Å². The molecular formula is C17H14O2. The molecule has 0 unspecified atom stereocenters. The maximum atomic E-state index is 12.5. The number of rotatable bonds is 1. The fourth-order valence-electron chi connectivity index (χ4n) is 2.29. The highest BCUT2D eigenvalue weighted by molar-refractivity contribution is 5.82. The van der Waals surface area contributed by atoms with Crippen molar-refractivity contribution in [2.24, 2.45) is 0 Å². The molecule has 0 N–H and O–H groups in total. The molecule has 2 aromatic carbocycles. The first-order valence-electron chi connectivity index (χ1n) is 6.25. The van der Waals surface area contributed by atoms with Gasteiger partial charge in [0.2, 0.25) is 0 Å². The van der Waals surface area contributed by atoms with Crippen molar-refractivity contribution in [3.05, 3.63) is 70.1 Å². The van der Waals surface area contributed by atoms with Crippen LogP contribution in [0.25, 0.3) is 22.1 Å². The zero-order valence-corrected chi connectivity index (χ0v) is 10.9. The molecule has 94 valence electrons. The minimum absolute atomic E-state index is 0.0237. The average molecular weight is 250 g/mol. The molecule has 1 heterocycles. The maximum Gasteiger partial charge on any atom is 0.200 e. The van der Waals surface area contributed by atoms with Crippen molar-refractivity contribution in [2.45, 2.75) is 13.8 Å². The van der Waals surface area contributed by atoms with Crippen molar-refractivity contribution < 1.29 is 4.42 Å². The van der Waals surface area contributed by atoms with Crippen molar-refractivity contribution in [3.8, 4) is 11.1 Å². The largest absolute Gasteiger partial charge is 0.463 e. The smallest absolute Gasteiger partial charge is 0.200 e. The van der Waals surface area contributed by atoms with Crippen molar-refractivity contribution >= 4 is 11.0 Å². The number of fused-ring (bicyclic) bond motifs is 1. The molecule has 3 rings (SSSR count). The average Bonchev–Trinajstić information content (AvgIpc) is 2.43. The fourth-order valence-corrected chi connectivity index (χ4v) is 2.29. The van der Waals surface area contributed by atoms with Crippen LogP contribution >= 0.6 is 0 Å². The predicted molar refractivity (Wildman–Crippen MR) is 77.4 cm³/mol. The van der Waals surface area contributed by atoms with E-state index in [4.69, 9.17) is 4.42 Å². The van der Waals surface area contributed by atoms with Crippen LogP contribution in [0.1, 0.15) is 11.1 Å². The van der Waals surface area contributed by atoms with Crippen molar-refractivity contribution in [3.63, 3.8) is 0 Å². The molecule has 0 saturated carbocycles. The summed E-state index contributed by atoms with van der Waals surface area (Å²) >= 11 is 0. The second-order valence-corrected chi connectivity index (χ2v) is 4.79. The molecule has 1 aromatic heterocycles. The van der Waals surface area contributed by atoms with Gasteiger partial charge in [-0.2, -0.15) is 0 Å². The van der Waals surface area contributed by atoms with Crippen molar-refractivity contribution in [2.75, 3.05) is 0 Å². The highest BCUT2D eigenvalue weighted by Gasteiger charge is 2.10. The standard InChI is InChI=1S/C17H14O2/c1-11-7-8-12(2)14(9-11)15-10-19-16-6-4-3-5-13(16)17(15)18/h3-10H,1-2H3. The Morgan fingerprint density at radius 3 is 2.58 bits per heavy atom. The number of hydrogen-bond donors (Lipinski definition) is 0. The molecule has 0 aliphatic heterocycles. The quantitative estimate of drug-likeness (QED) is 0.651. The zero-order valence-electron chi connectivity index (χ0n) is 10.9. The van der Waals surface area contributed by atoms with Gasteiger partial charge in [-0.1, -0.05) is 35.9 Å². The summed E-state index contributed by atoms with van der Waals surface area (Å²) < 4.78 is 5.57. The summed E-state index contributed by atoms with van der Waals surface area (Å²) in [5.74, 6) is 0. The highest BCUT2D eigenvalue weighted by Crippen LogP contribution is 2.23. The Bertz CT molecular complexity index is 813. The van der Waals surface area contributed by atoms with E-state index in [1.54, 1.807) is 12.3 Å². The maximum absolute atomic E-state index is 12.5. The minimum Gasteiger partial charge on any atom is -0.463 e. The Morgan fingerprint density at radius 2 is 1.74 bits per heavy atom. The van der Waals surface area contributed by atoms with Crippen LogP contribution in [0.5, 0.6) is 0 Å². The summed E-state index contributed by atoms with van der Waals surface area (Å²) in [7, 11) is 0. The molecule has 0 radical (unpaired) electrons. The molecular weight excluding hydrogens is 236 g/mol. The molecule has 0 bridgehead atoms. The third kappa shape index (κ3) is 1.95. The van der Waals surface area contributed by atoms with Gasteiger partial charge in [-0.05, 0) is 37.1 Å². The van der Waals surface area contributed by atoms with Gasteiger partial charge in [0.15, 0.2) is 5.43 Å². The van der Waals surface area contributed by atoms with Gasteiger partial charge in [0.1, 0.15) is 11.8 Å². The molecule has 0 fully saturated rings. The molecule has 0 atom stereocenters. The monoisotopic (exact) mass is 250 g/mol. The second kappa shape index (κ2) is 4.39. The number of aryl methyl sites for hydroxylation is 2. The Morgan fingerprint density at radius 1 is 0.947 bits per heavy atom. The topological polar surface area (TPSA) is 30.2 Å². The molecule has 19 heavy (non-hydrogen) atoms. The predicted octanol–water partition coefficient (Wildman–Crippen LogP) is 4.08. The van der Waals surface area contributed by atoms with Crippen LogP contribution in [0, 0.1) is 13.8 Å². The molecule has 0 amide bonds. The van der Waals surface area contributed by atoms with Crippen LogP contribution in [0.3, 0.4) is 0 Å². The number of hydrogen-bond acceptors (Lipinski definition) is 2. The Balaban J connectivity index is 2.35. The molecule has 2 nitrogen and oxygen atoms in total. The van der Waals surface area contributed by atoms with E-state index in [9.17, 15) is 4.79 Å². The lowest BCUT2D eigenvalue weighted by atomic mass is 9.99. The van der Waals surface area contributed by atoms with Crippen LogP contribution in [-0.2, 0) is 0 Å². The van der Waals surface area contributed by atoms with Crippen LogP contribution < -0.4 is 5.43 Å². The zero-order chi connectivity index (χ0) is 13.4. The van der Waals surface area contributed by atoms with E-state index in [0.717, 1.165) is 16.7 Å². The van der Waals surface area contributed by atoms with Gasteiger partial charge >= 0.3 is 0 Å². The molecule has 0 aliphatic carbocycles. The third-order valence-corrected chi connectivity index (χ3v) is 3.36. The Labute approximate surface area is 111 Å². The van der Waals surface area contributed by atoms with Crippen LogP contribution in [0.2, 0.25) is 0 Å². The summed E-state index contributed by atoms with van der Waals surface area (Å²) in [6, 6.07) is 13.4. The Kier molecular flexibility index (Phi) is 2.71. The number of para-hydroxylation sites is 1. The minimum atomic E-state index is 0.0237. The first kappa shape index (κ1) is 11.7.